The van der Waals surface area contributed by atoms with Gasteiger partial charge in [0.05, 0.1) is 12.9 Å². The zero-order valence-corrected chi connectivity index (χ0v) is 15.2. The van der Waals surface area contributed by atoms with Crippen LogP contribution in [-0.4, -0.2) is 39.9 Å². The van der Waals surface area contributed by atoms with Crippen LogP contribution in [-0.2, 0) is 4.79 Å². The fraction of sp³-hybridized carbons (Fsp3) is 0.111. The Morgan fingerprint density at radius 2 is 1.85 bits per heavy atom. The molecule has 3 aromatic rings. The number of primary amides is 1. The Labute approximate surface area is 159 Å². The predicted octanol–water partition coefficient (Wildman–Crippen LogP) is 2.31. The van der Waals surface area contributed by atoms with E-state index in [1.54, 1.807) is 31.4 Å². The van der Waals surface area contributed by atoms with Gasteiger partial charge in [0.25, 0.3) is 0 Å². The summed E-state index contributed by atoms with van der Waals surface area (Å²) < 4.78 is 5.12. The number of hydrogen-bond donors (Lipinski definition) is 3. The molecule has 0 aliphatic rings. The fourth-order valence-electron chi connectivity index (χ4n) is 2.23. The first-order chi connectivity index (χ1) is 13.0. The number of methoxy groups -OCH3 is 1. The van der Waals surface area contributed by atoms with Crippen LogP contribution in [0.1, 0.15) is 10.4 Å². The van der Waals surface area contributed by atoms with E-state index in [2.05, 4.69) is 20.5 Å². The third kappa shape index (κ3) is 4.85. The number of rotatable bonds is 7. The second-order valence-electron chi connectivity index (χ2n) is 5.47. The minimum Gasteiger partial charge on any atom is -0.497 e. The van der Waals surface area contributed by atoms with Crippen LogP contribution in [0, 0.1) is 0 Å². The van der Waals surface area contributed by atoms with Crippen molar-refractivity contribution in [2.75, 3.05) is 18.2 Å². The molecular formula is C18H17N5O3S. The van der Waals surface area contributed by atoms with Crippen molar-refractivity contribution in [2.45, 2.75) is 5.16 Å². The number of H-pyrrole nitrogens is 1. The van der Waals surface area contributed by atoms with E-state index in [-0.39, 0.29) is 11.7 Å². The van der Waals surface area contributed by atoms with Crippen LogP contribution < -0.4 is 15.8 Å². The lowest BCUT2D eigenvalue weighted by atomic mass is 10.2. The van der Waals surface area contributed by atoms with Crippen LogP contribution in [0.25, 0.3) is 11.4 Å². The fourth-order valence-corrected chi connectivity index (χ4v) is 2.83. The van der Waals surface area contributed by atoms with Crippen LogP contribution in [0.2, 0.25) is 0 Å². The number of benzene rings is 2. The molecule has 2 amide bonds. The van der Waals surface area contributed by atoms with Gasteiger partial charge in [-0.05, 0) is 48.5 Å². The molecule has 27 heavy (non-hydrogen) atoms. The first kappa shape index (κ1) is 18.5. The summed E-state index contributed by atoms with van der Waals surface area (Å²) in [7, 11) is 1.61. The Bertz CT molecular complexity index is 938. The van der Waals surface area contributed by atoms with E-state index in [0.717, 1.165) is 11.3 Å². The molecule has 1 aromatic heterocycles. The summed E-state index contributed by atoms with van der Waals surface area (Å²) >= 11 is 1.21. The predicted molar refractivity (Wildman–Crippen MR) is 103 cm³/mol. The maximum atomic E-state index is 12.0. The van der Waals surface area contributed by atoms with Crippen molar-refractivity contribution in [3.05, 3.63) is 54.1 Å². The van der Waals surface area contributed by atoms with Crippen LogP contribution in [0.3, 0.4) is 0 Å². The van der Waals surface area contributed by atoms with Crippen molar-refractivity contribution in [1.29, 1.82) is 0 Å². The summed E-state index contributed by atoms with van der Waals surface area (Å²) in [4.78, 5) is 27.5. The minimum absolute atomic E-state index is 0.150. The summed E-state index contributed by atoms with van der Waals surface area (Å²) in [6, 6.07) is 13.8. The van der Waals surface area contributed by atoms with Gasteiger partial charge in [0, 0.05) is 16.8 Å². The maximum Gasteiger partial charge on any atom is 0.248 e. The number of anilines is 1. The molecule has 138 valence electrons. The summed E-state index contributed by atoms with van der Waals surface area (Å²) in [5.41, 5.74) is 7.02. The van der Waals surface area contributed by atoms with Crippen molar-refractivity contribution in [3.63, 3.8) is 0 Å². The first-order valence-corrected chi connectivity index (χ1v) is 8.93. The molecule has 0 spiro atoms. The number of nitrogens with two attached hydrogens (primary N) is 1. The highest BCUT2D eigenvalue weighted by Crippen LogP contribution is 2.21. The number of nitrogens with one attached hydrogen (secondary N) is 2. The average molecular weight is 383 g/mol. The highest BCUT2D eigenvalue weighted by atomic mass is 32.2. The van der Waals surface area contributed by atoms with Crippen LogP contribution in [0.5, 0.6) is 5.75 Å². The number of carbonyl (C=O) groups is 2. The molecule has 0 atom stereocenters. The van der Waals surface area contributed by atoms with Gasteiger partial charge >= 0.3 is 0 Å². The lowest BCUT2D eigenvalue weighted by Crippen LogP contribution is -2.15. The van der Waals surface area contributed by atoms with Gasteiger partial charge in [0.15, 0.2) is 5.82 Å². The van der Waals surface area contributed by atoms with E-state index in [0.29, 0.717) is 22.2 Å². The van der Waals surface area contributed by atoms with Gasteiger partial charge in [0.2, 0.25) is 17.0 Å². The van der Waals surface area contributed by atoms with Gasteiger partial charge in [-0.3, -0.25) is 14.7 Å². The molecule has 0 fully saturated rings. The Morgan fingerprint density at radius 1 is 1.15 bits per heavy atom. The monoisotopic (exact) mass is 383 g/mol. The van der Waals surface area contributed by atoms with Gasteiger partial charge in [-0.1, -0.05) is 11.8 Å². The van der Waals surface area contributed by atoms with Gasteiger partial charge in [-0.15, -0.1) is 5.10 Å². The number of ether oxygens (including phenoxy) is 1. The molecular weight excluding hydrogens is 366 g/mol. The largest absolute Gasteiger partial charge is 0.497 e. The normalized spacial score (nSPS) is 10.4. The first-order valence-electron chi connectivity index (χ1n) is 7.94. The van der Waals surface area contributed by atoms with E-state index < -0.39 is 5.91 Å². The standard InChI is InChI=1S/C18H17N5O3S/c1-26-14-8-4-12(5-9-14)17-21-18(23-22-17)27-10-15(24)20-13-6-2-11(3-7-13)16(19)25/h2-9H,10H2,1H3,(H2,19,25)(H,20,24)(H,21,22,23). The second kappa shape index (κ2) is 8.37. The third-order valence-corrected chi connectivity index (χ3v) is 4.46. The Morgan fingerprint density at radius 3 is 2.48 bits per heavy atom. The maximum absolute atomic E-state index is 12.0. The molecule has 0 saturated carbocycles. The van der Waals surface area contributed by atoms with Gasteiger partial charge in [-0.2, -0.15) is 0 Å². The number of aromatic nitrogens is 3. The number of thioether (sulfide) groups is 1. The number of carbonyl (C=O) groups excluding carboxylic acids is 2. The number of nitrogens with zero attached hydrogens (tertiary/aromatic N) is 2. The zero-order valence-electron chi connectivity index (χ0n) is 14.4. The lowest BCUT2D eigenvalue weighted by molar-refractivity contribution is -0.113. The second-order valence-corrected chi connectivity index (χ2v) is 6.42. The molecule has 4 N–H and O–H groups in total. The Kier molecular flexibility index (Phi) is 5.72. The topological polar surface area (TPSA) is 123 Å². The van der Waals surface area contributed by atoms with E-state index >= 15 is 0 Å². The highest BCUT2D eigenvalue weighted by molar-refractivity contribution is 7.99. The molecule has 3 rings (SSSR count). The molecule has 0 bridgehead atoms. The Hall–Kier alpha value is -3.33. The quantitative estimate of drug-likeness (QED) is 0.538. The van der Waals surface area contributed by atoms with Crippen molar-refractivity contribution in [2.24, 2.45) is 5.73 Å². The average Bonchev–Trinajstić information content (AvgIpc) is 3.16. The van der Waals surface area contributed by atoms with E-state index in [1.165, 1.54) is 11.8 Å². The van der Waals surface area contributed by atoms with E-state index in [1.807, 2.05) is 24.3 Å². The number of amides is 2. The zero-order chi connectivity index (χ0) is 19.2. The number of hydrogen-bond acceptors (Lipinski definition) is 6. The molecule has 0 radical (unpaired) electrons. The van der Waals surface area contributed by atoms with E-state index in [9.17, 15) is 9.59 Å². The molecule has 0 aliphatic heterocycles. The highest BCUT2D eigenvalue weighted by Gasteiger charge is 2.10. The van der Waals surface area contributed by atoms with Crippen LogP contribution in [0.15, 0.2) is 53.7 Å². The number of aromatic amines is 1. The molecule has 0 unspecified atom stereocenters. The molecule has 2 aromatic carbocycles. The van der Waals surface area contributed by atoms with Gasteiger partial charge in [0.1, 0.15) is 5.75 Å². The van der Waals surface area contributed by atoms with Crippen molar-refractivity contribution < 1.29 is 14.3 Å². The summed E-state index contributed by atoms with van der Waals surface area (Å²) in [5.74, 6) is 0.802. The van der Waals surface area contributed by atoms with Crippen molar-refractivity contribution in [3.8, 4) is 17.1 Å². The summed E-state index contributed by atoms with van der Waals surface area (Å²) in [5, 5.41) is 10.2. The minimum atomic E-state index is -0.513. The van der Waals surface area contributed by atoms with Crippen molar-refractivity contribution >= 4 is 29.3 Å². The Balaban J connectivity index is 1.54. The van der Waals surface area contributed by atoms with Crippen LogP contribution in [0.4, 0.5) is 5.69 Å². The summed E-state index contributed by atoms with van der Waals surface area (Å²) in [6.07, 6.45) is 0. The van der Waals surface area contributed by atoms with Crippen LogP contribution >= 0.6 is 11.8 Å². The van der Waals surface area contributed by atoms with E-state index in [4.69, 9.17) is 10.5 Å². The molecule has 9 heteroatoms. The molecule has 1 heterocycles. The lowest BCUT2D eigenvalue weighted by Gasteiger charge is -2.04. The molecule has 0 aliphatic carbocycles. The molecule has 8 nitrogen and oxygen atoms in total. The SMILES string of the molecule is COc1ccc(-c2nc(SCC(=O)Nc3ccc(C(N)=O)cc3)n[nH]2)cc1. The van der Waals surface area contributed by atoms with Gasteiger partial charge < -0.3 is 15.8 Å². The third-order valence-electron chi connectivity index (χ3n) is 3.61. The van der Waals surface area contributed by atoms with Crippen molar-refractivity contribution in [1.82, 2.24) is 15.2 Å². The molecule has 0 saturated heterocycles. The van der Waals surface area contributed by atoms with Gasteiger partial charge in [-0.25, -0.2) is 4.98 Å². The smallest absolute Gasteiger partial charge is 0.248 e. The summed E-state index contributed by atoms with van der Waals surface area (Å²) in [6.45, 7) is 0.